The molecule has 1 saturated carbocycles. The van der Waals surface area contributed by atoms with Crippen LogP contribution in [0.15, 0.2) is 11.6 Å². The molecule has 0 saturated heterocycles. The molecule has 0 unspecified atom stereocenters. The first-order valence-corrected chi connectivity index (χ1v) is 6.90. The molecule has 0 aliphatic heterocycles. The molecule has 2 heteroatoms. The molecule has 0 aromatic heterocycles. The van der Waals surface area contributed by atoms with Gasteiger partial charge < -0.3 is 5.32 Å². The number of hydrogen-bond donors (Lipinski definition) is 1. The van der Waals surface area contributed by atoms with Crippen LogP contribution in [0.3, 0.4) is 0 Å². The molecule has 82 valence electrons. The third kappa shape index (κ3) is 4.52. The van der Waals surface area contributed by atoms with E-state index in [4.69, 9.17) is 0 Å². The molecular weight excluding hydrogens is 190 g/mol. The smallest absolute Gasteiger partial charge is 0.0139 e. The van der Waals surface area contributed by atoms with Gasteiger partial charge in [-0.15, -0.1) is 0 Å². The summed E-state index contributed by atoms with van der Waals surface area (Å²) < 4.78 is 0. The Balaban J connectivity index is 2.13. The van der Waals surface area contributed by atoms with Gasteiger partial charge in [0.25, 0.3) is 0 Å². The number of allylic oxidation sites excluding steroid dienone is 1. The summed E-state index contributed by atoms with van der Waals surface area (Å²) in [6, 6.07) is 0.772. The third-order valence-electron chi connectivity index (χ3n) is 2.92. The lowest BCUT2D eigenvalue weighted by Crippen LogP contribution is -2.33. The van der Waals surface area contributed by atoms with Crippen LogP contribution < -0.4 is 5.32 Å². The van der Waals surface area contributed by atoms with Crippen LogP contribution in [0.1, 0.15) is 39.5 Å². The van der Waals surface area contributed by atoms with E-state index in [1.807, 2.05) is 11.8 Å². The second-order valence-corrected chi connectivity index (χ2v) is 5.54. The van der Waals surface area contributed by atoms with Gasteiger partial charge in [0, 0.05) is 17.8 Å². The zero-order chi connectivity index (χ0) is 10.4. The fourth-order valence-corrected chi connectivity index (χ4v) is 2.68. The topological polar surface area (TPSA) is 12.0 Å². The van der Waals surface area contributed by atoms with E-state index in [2.05, 4.69) is 31.5 Å². The van der Waals surface area contributed by atoms with Crippen molar-refractivity contribution in [2.45, 2.75) is 50.8 Å². The van der Waals surface area contributed by atoms with E-state index >= 15 is 0 Å². The van der Waals surface area contributed by atoms with Crippen molar-refractivity contribution in [3.63, 3.8) is 0 Å². The van der Waals surface area contributed by atoms with Crippen LogP contribution >= 0.6 is 11.8 Å². The molecule has 0 aromatic carbocycles. The first-order chi connectivity index (χ1) is 6.72. The minimum Gasteiger partial charge on any atom is -0.311 e. The average Bonchev–Trinajstić information content (AvgIpc) is 2.18. The monoisotopic (exact) mass is 213 g/mol. The molecule has 0 amide bonds. The summed E-state index contributed by atoms with van der Waals surface area (Å²) in [5.41, 5.74) is 1.41. The van der Waals surface area contributed by atoms with Gasteiger partial charge in [-0.05, 0) is 45.8 Å². The molecule has 1 aliphatic carbocycles. The van der Waals surface area contributed by atoms with Crippen molar-refractivity contribution in [3.05, 3.63) is 11.6 Å². The highest BCUT2D eigenvalue weighted by molar-refractivity contribution is 7.99. The molecule has 0 radical (unpaired) electrons. The zero-order valence-corrected chi connectivity index (χ0v) is 10.5. The molecule has 14 heavy (non-hydrogen) atoms. The van der Waals surface area contributed by atoms with Gasteiger partial charge in [-0.3, -0.25) is 0 Å². The molecule has 0 heterocycles. The largest absolute Gasteiger partial charge is 0.311 e. The fraction of sp³-hybridized carbons (Fsp3) is 0.833. The van der Waals surface area contributed by atoms with Gasteiger partial charge in [0.05, 0.1) is 0 Å². The quantitative estimate of drug-likeness (QED) is 0.720. The SMILES string of the molecule is CSC1CCC(NCC=C(C)C)CC1. The second kappa shape index (κ2) is 6.52. The average molecular weight is 213 g/mol. The van der Waals surface area contributed by atoms with E-state index in [9.17, 15) is 0 Å². The van der Waals surface area contributed by atoms with Crippen LogP contribution in [0.5, 0.6) is 0 Å². The van der Waals surface area contributed by atoms with E-state index in [1.165, 1.54) is 31.3 Å². The minimum absolute atomic E-state index is 0.772. The Hall–Kier alpha value is 0.0500. The molecular formula is C12H23NS. The van der Waals surface area contributed by atoms with Crippen molar-refractivity contribution in [1.82, 2.24) is 5.32 Å². The molecule has 0 bridgehead atoms. The molecule has 1 fully saturated rings. The predicted molar refractivity (Wildman–Crippen MR) is 67.0 cm³/mol. The van der Waals surface area contributed by atoms with Crippen LogP contribution in [0, 0.1) is 0 Å². The minimum atomic E-state index is 0.772. The molecule has 1 rings (SSSR count). The summed E-state index contributed by atoms with van der Waals surface area (Å²) in [5.74, 6) is 0. The Labute approximate surface area is 92.7 Å². The van der Waals surface area contributed by atoms with E-state index in [-0.39, 0.29) is 0 Å². The first kappa shape index (κ1) is 12.1. The van der Waals surface area contributed by atoms with Gasteiger partial charge >= 0.3 is 0 Å². The van der Waals surface area contributed by atoms with Crippen LogP contribution in [0.2, 0.25) is 0 Å². The molecule has 0 aromatic rings. The van der Waals surface area contributed by atoms with Gasteiger partial charge in [0.15, 0.2) is 0 Å². The van der Waals surface area contributed by atoms with Gasteiger partial charge in [0.2, 0.25) is 0 Å². The fourth-order valence-electron chi connectivity index (χ4n) is 1.93. The molecule has 1 aliphatic rings. The Morgan fingerprint density at radius 1 is 1.29 bits per heavy atom. The van der Waals surface area contributed by atoms with Gasteiger partial charge in [-0.25, -0.2) is 0 Å². The summed E-state index contributed by atoms with van der Waals surface area (Å²) in [7, 11) is 0. The number of nitrogens with one attached hydrogen (secondary N) is 1. The maximum Gasteiger partial charge on any atom is 0.0139 e. The van der Waals surface area contributed by atoms with Crippen LogP contribution in [-0.4, -0.2) is 24.1 Å². The summed E-state index contributed by atoms with van der Waals surface area (Å²) in [6.45, 7) is 5.37. The normalized spacial score (nSPS) is 27.4. The number of thioether (sulfide) groups is 1. The van der Waals surface area contributed by atoms with Crippen molar-refractivity contribution in [2.24, 2.45) is 0 Å². The first-order valence-electron chi connectivity index (χ1n) is 5.62. The molecule has 0 spiro atoms. The highest BCUT2D eigenvalue weighted by atomic mass is 32.2. The lowest BCUT2D eigenvalue weighted by molar-refractivity contribution is 0.392. The van der Waals surface area contributed by atoms with Crippen molar-refractivity contribution in [3.8, 4) is 0 Å². The number of rotatable bonds is 4. The van der Waals surface area contributed by atoms with Crippen molar-refractivity contribution in [2.75, 3.05) is 12.8 Å². The Kier molecular flexibility index (Phi) is 5.64. The Morgan fingerprint density at radius 3 is 2.43 bits per heavy atom. The Bertz CT molecular complexity index is 177. The Morgan fingerprint density at radius 2 is 1.93 bits per heavy atom. The third-order valence-corrected chi connectivity index (χ3v) is 4.06. The van der Waals surface area contributed by atoms with Gasteiger partial charge in [-0.2, -0.15) is 11.8 Å². The lowest BCUT2D eigenvalue weighted by Gasteiger charge is -2.27. The summed E-state index contributed by atoms with van der Waals surface area (Å²) in [6.07, 6.45) is 10.0. The maximum atomic E-state index is 3.61. The van der Waals surface area contributed by atoms with Crippen molar-refractivity contribution in [1.29, 1.82) is 0 Å². The summed E-state index contributed by atoms with van der Waals surface area (Å²) in [4.78, 5) is 0. The zero-order valence-electron chi connectivity index (χ0n) is 9.68. The van der Waals surface area contributed by atoms with Gasteiger partial charge in [-0.1, -0.05) is 11.6 Å². The second-order valence-electron chi connectivity index (χ2n) is 4.40. The summed E-state index contributed by atoms with van der Waals surface area (Å²) in [5, 5.41) is 4.54. The molecule has 0 atom stereocenters. The standard InChI is InChI=1S/C12H23NS/c1-10(2)8-9-13-11-4-6-12(14-3)7-5-11/h8,11-13H,4-7,9H2,1-3H3. The predicted octanol–water partition coefficient (Wildman–Crippen LogP) is 3.22. The van der Waals surface area contributed by atoms with E-state index in [1.54, 1.807) is 0 Å². The molecule has 1 nitrogen and oxygen atoms in total. The van der Waals surface area contributed by atoms with Crippen LogP contribution in [-0.2, 0) is 0 Å². The van der Waals surface area contributed by atoms with E-state index in [0.29, 0.717) is 0 Å². The lowest BCUT2D eigenvalue weighted by atomic mass is 9.95. The maximum absolute atomic E-state index is 3.61. The van der Waals surface area contributed by atoms with E-state index < -0.39 is 0 Å². The van der Waals surface area contributed by atoms with Crippen molar-refractivity contribution >= 4 is 11.8 Å². The van der Waals surface area contributed by atoms with Crippen LogP contribution in [0.4, 0.5) is 0 Å². The highest BCUT2D eigenvalue weighted by Gasteiger charge is 2.19. The van der Waals surface area contributed by atoms with Crippen molar-refractivity contribution < 1.29 is 0 Å². The highest BCUT2D eigenvalue weighted by Crippen LogP contribution is 2.26. The summed E-state index contributed by atoms with van der Waals surface area (Å²) >= 11 is 2.04. The van der Waals surface area contributed by atoms with Gasteiger partial charge in [0.1, 0.15) is 0 Å². The molecule has 1 N–H and O–H groups in total. The number of hydrogen-bond acceptors (Lipinski definition) is 2. The van der Waals surface area contributed by atoms with Crippen LogP contribution in [0.25, 0.3) is 0 Å². The van der Waals surface area contributed by atoms with E-state index in [0.717, 1.165) is 17.8 Å².